The van der Waals surface area contributed by atoms with Gasteiger partial charge in [0.2, 0.25) is 5.75 Å². The van der Waals surface area contributed by atoms with E-state index in [-0.39, 0.29) is 11.5 Å². The van der Waals surface area contributed by atoms with Crippen LogP contribution in [0, 0.1) is 12.7 Å². The van der Waals surface area contributed by atoms with Gasteiger partial charge in [-0.05, 0) is 31.2 Å². The summed E-state index contributed by atoms with van der Waals surface area (Å²) >= 11 is 0. The minimum atomic E-state index is -0.583. The molecule has 82 valence electrons. The number of ether oxygens (including phenoxy) is 1. The Morgan fingerprint density at radius 2 is 1.75 bits per heavy atom. The van der Waals surface area contributed by atoms with Crippen LogP contribution in [0.3, 0.4) is 0 Å². The molecule has 0 aromatic heterocycles. The Morgan fingerprint density at radius 3 is 2.38 bits per heavy atom. The zero-order valence-electron chi connectivity index (χ0n) is 8.77. The van der Waals surface area contributed by atoms with Crippen molar-refractivity contribution in [1.29, 1.82) is 0 Å². The Kier molecular flexibility index (Phi) is 2.77. The van der Waals surface area contributed by atoms with Crippen molar-refractivity contribution in [2.45, 2.75) is 6.92 Å². The Hall–Kier alpha value is -2.03. The molecule has 0 saturated heterocycles. The average Bonchev–Trinajstić information content (AvgIpc) is 2.26. The van der Waals surface area contributed by atoms with E-state index in [1.807, 2.05) is 19.1 Å². The number of phenols is 1. The number of aryl methyl sites for hydroxylation is 1. The highest BCUT2D eigenvalue weighted by Gasteiger charge is 2.09. The van der Waals surface area contributed by atoms with E-state index in [9.17, 15) is 9.50 Å². The zero-order valence-corrected chi connectivity index (χ0v) is 8.77. The van der Waals surface area contributed by atoms with Crippen LogP contribution in [0.2, 0.25) is 0 Å². The smallest absolute Gasteiger partial charge is 0.204 e. The summed E-state index contributed by atoms with van der Waals surface area (Å²) in [4.78, 5) is 0. The fourth-order valence-electron chi connectivity index (χ4n) is 1.32. The highest BCUT2D eigenvalue weighted by Crippen LogP contribution is 2.32. The minimum absolute atomic E-state index is 0.147. The third-order valence-corrected chi connectivity index (χ3v) is 2.19. The lowest BCUT2D eigenvalue weighted by Crippen LogP contribution is -1.88. The highest BCUT2D eigenvalue weighted by molar-refractivity contribution is 5.43. The molecule has 0 spiro atoms. The molecular weight excluding hydrogens is 207 g/mol. The summed E-state index contributed by atoms with van der Waals surface area (Å²) in [6, 6.07) is 11.2. The van der Waals surface area contributed by atoms with Crippen LogP contribution < -0.4 is 4.74 Å². The first kappa shape index (κ1) is 10.5. The summed E-state index contributed by atoms with van der Waals surface area (Å²) in [6.45, 7) is 1.95. The van der Waals surface area contributed by atoms with Crippen LogP contribution in [-0.2, 0) is 0 Å². The zero-order chi connectivity index (χ0) is 11.5. The summed E-state index contributed by atoms with van der Waals surface area (Å²) in [6.07, 6.45) is 0. The van der Waals surface area contributed by atoms with Crippen LogP contribution in [0.15, 0.2) is 42.5 Å². The van der Waals surface area contributed by atoms with Crippen LogP contribution in [0.25, 0.3) is 0 Å². The molecule has 2 aromatic carbocycles. The summed E-state index contributed by atoms with van der Waals surface area (Å²) < 4.78 is 18.6. The van der Waals surface area contributed by atoms with E-state index >= 15 is 0 Å². The van der Waals surface area contributed by atoms with Crippen molar-refractivity contribution < 1.29 is 14.2 Å². The summed E-state index contributed by atoms with van der Waals surface area (Å²) in [7, 11) is 0. The maximum absolute atomic E-state index is 13.3. The molecule has 0 radical (unpaired) electrons. The Morgan fingerprint density at radius 1 is 1.06 bits per heavy atom. The summed E-state index contributed by atoms with van der Waals surface area (Å²) in [5.41, 5.74) is 1.09. The molecule has 0 aliphatic rings. The van der Waals surface area contributed by atoms with Gasteiger partial charge in [-0.1, -0.05) is 23.8 Å². The molecule has 0 heterocycles. The van der Waals surface area contributed by atoms with E-state index in [1.165, 1.54) is 18.2 Å². The molecule has 0 saturated carbocycles. The predicted molar refractivity (Wildman–Crippen MR) is 59.3 cm³/mol. The molecule has 2 nitrogen and oxygen atoms in total. The maximum Gasteiger partial charge on any atom is 0.204 e. The highest BCUT2D eigenvalue weighted by atomic mass is 19.1. The molecule has 1 N–H and O–H groups in total. The number of halogens is 1. The normalized spacial score (nSPS) is 10.1. The summed E-state index contributed by atoms with van der Waals surface area (Å²) in [5, 5.41) is 9.44. The van der Waals surface area contributed by atoms with Gasteiger partial charge in [-0.25, -0.2) is 4.39 Å². The lowest BCUT2D eigenvalue weighted by Gasteiger charge is -2.08. The van der Waals surface area contributed by atoms with Gasteiger partial charge in [0.05, 0.1) is 0 Å². The van der Waals surface area contributed by atoms with Gasteiger partial charge in [0, 0.05) is 0 Å². The lowest BCUT2D eigenvalue weighted by molar-refractivity contribution is 0.388. The van der Waals surface area contributed by atoms with Crippen LogP contribution in [0.5, 0.6) is 17.2 Å². The van der Waals surface area contributed by atoms with Crippen molar-refractivity contribution in [3.63, 3.8) is 0 Å². The third kappa shape index (κ3) is 2.14. The molecule has 0 unspecified atom stereocenters. The Balaban J connectivity index is 2.30. The van der Waals surface area contributed by atoms with Gasteiger partial charge in [0.1, 0.15) is 5.75 Å². The van der Waals surface area contributed by atoms with Gasteiger partial charge in [-0.2, -0.15) is 0 Å². The number of rotatable bonds is 2. The number of hydrogen-bond donors (Lipinski definition) is 1. The molecule has 0 bridgehead atoms. The fourth-order valence-corrected chi connectivity index (χ4v) is 1.32. The van der Waals surface area contributed by atoms with Gasteiger partial charge in [0.15, 0.2) is 11.6 Å². The number of aromatic hydroxyl groups is 1. The molecular formula is C13H11FO2. The van der Waals surface area contributed by atoms with Gasteiger partial charge < -0.3 is 9.84 Å². The number of phenolic OH excluding ortho intramolecular Hbond substituents is 1. The average molecular weight is 218 g/mol. The van der Waals surface area contributed by atoms with Crippen LogP contribution in [-0.4, -0.2) is 5.11 Å². The molecule has 2 aromatic rings. The van der Waals surface area contributed by atoms with Gasteiger partial charge >= 0.3 is 0 Å². The van der Waals surface area contributed by atoms with Gasteiger partial charge in [-0.15, -0.1) is 0 Å². The Labute approximate surface area is 92.9 Å². The molecule has 0 aliphatic carbocycles. The SMILES string of the molecule is Cc1ccc(Oc2c(O)cccc2F)cc1. The molecule has 3 heteroatoms. The standard InChI is InChI=1S/C13H11FO2/c1-9-5-7-10(8-6-9)16-13-11(14)3-2-4-12(13)15/h2-8,15H,1H3. The van der Waals surface area contributed by atoms with Crippen molar-refractivity contribution in [3.8, 4) is 17.2 Å². The van der Waals surface area contributed by atoms with Gasteiger partial charge in [0.25, 0.3) is 0 Å². The van der Waals surface area contributed by atoms with Crippen molar-refractivity contribution in [1.82, 2.24) is 0 Å². The van der Waals surface area contributed by atoms with E-state index in [2.05, 4.69) is 0 Å². The lowest BCUT2D eigenvalue weighted by atomic mass is 10.2. The first-order valence-corrected chi connectivity index (χ1v) is 4.89. The Bertz CT molecular complexity index is 472. The minimum Gasteiger partial charge on any atom is -0.504 e. The second-order valence-electron chi connectivity index (χ2n) is 3.50. The van der Waals surface area contributed by atoms with Crippen molar-refractivity contribution in [2.75, 3.05) is 0 Å². The predicted octanol–water partition coefficient (Wildman–Crippen LogP) is 3.63. The maximum atomic E-state index is 13.3. The second-order valence-corrected chi connectivity index (χ2v) is 3.50. The first-order valence-electron chi connectivity index (χ1n) is 4.89. The topological polar surface area (TPSA) is 29.5 Å². The molecule has 16 heavy (non-hydrogen) atoms. The van der Waals surface area contributed by atoms with E-state index in [4.69, 9.17) is 4.74 Å². The third-order valence-electron chi connectivity index (χ3n) is 2.19. The quantitative estimate of drug-likeness (QED) is 0.833. The van der Waals surface area contributed by atoms with Crippen LogP contribution in [0.1, 0.15) is 5.56 Å². The van der Waals surface area contributed by atoms with E-state index in [0.29, 0.717) is 5.75 Å². The molecule has 0 amide bonds. The second kappa shape index (κ2) is 4.23. The fraction of sp³-hybridized carbons (Fsp3) is 0.0769. The van der Waals surface area contributed by atoms with Crippen molar-refractivity contribution >= 4 is 0 Å². The number of para-hydroxylation sites is 1. The van der Waals surface area contributed by atoms with E-state index in [0.717, 1.165) is 5.56 Å². The van der Waals surface area contributed by atoms with Crippen LogP contribution in [0.4, 0.5) is 4.39 Å². The van der Waals surface area contributed by atoms with Crippen molar-refractivity contribution in [3.05, 3.63) is 53.8 Å². The molecule has 0 atom stereocenters. The first-order chi connectivity index (χ1) is 7.66. The van der Waals surface area contributed by atoms with Gasteiger partial charge in [-0.3, -0.25) is 0 Å². The molecule has 0 aliphatic heterocycles. The van der Waals surface area contributed by atoms with Crippen molar-refractivity contribution in [2.24, 2.45) is 0 Å². The number of benzene rings is 2. The monoisotopic (exact) mass is 218 g/mol. The number of hydrogen-bond acceptors (Lipinski definition) is 2. The molecule has 0 fully saturated rings. The summed E-state index contributed by atoms with van der Waals surface area (Å²) in [5.74, 6) is -0.446. The largest absolute Gasteiger partial charge is 0.504 e. The van der Waals surface area contributed by atoms with E-state index < -0.39 is 5.82 Å². The molecule has 2 rings (SSSR count). The van der Waals surface area contributed by atoms with Crippen LogP contribution >= 0.6 is 0 Å². The van der Waals surface area contributed by atoms with E-state index in [1.54, 1.807) is 12.1 Å².